The molecule has 5 nitrogen and oxygen atoms in total. The largest absolute Gasteiger partial charge is 0.488 e. The van der Waals surface area contributed by atoms with Crippen molar-refractivity contribution in [3.63, 3.8) is 0 Å². The Bertz CT molecular complexity index is 521. The first kappa shape index (κ1) is 13.2. The zero-order valence-electron chi connectivity index (χ0n) is 12.0. The molecule has 0 aromatic heterocycles. The van der Waals surface area contributed by atoms with E-state index in [2.05, 4.69) is 5.32 Å². The van der Waals surface area contributed by atoms with Gasteiger partial charge in [-0.1, -0.05) is 0 Å². The van der Waals surface area contributed by atoms with Crippen LogP contribution in [-0.4, -0.2) is 43.6 Å². The van der Waals surface area contributed by atoms with Crippen molar-refractivity contribution in [2.24, 2.45) is 11.8 Å². The highest BCUT2D eigenvalue weighted by molar-refractivity contribution is 5.46. The lowest BCUT2D eigenvalue weighted by Gasteiger charge is -2.35. The second-order valence-corrected chi connectivity index (χ2v) is 6.18. The van der Waals surface area contributed by atoms with E-state index in [9.17, 15) is 5.11 Å². The Morgan fingerprint density at radius 2 is 1.81 bits per heavy atom. The Morgan fingerprint density at radius 3 is 2.67 bits per heavy atom. The lowest BCUT2D eigenvalue weighted by Crippen LogP contribution is -2.42. The van der Waals surface area contributed by atoms with Gasteiger partial charge in [0.1, 0.15) is 25.1 Å². The zero-order chi connectivity index (χ0) is 14.2. The molecule has 4 atom stereocenters. The molecule has 2 aliphatic heterocycles. The van der Waals surface area contributed by atoms with Crippen molar-refractivity contribution >= 4 is 0 Å². The maximum absolute atomic E-state index is 10.3. The van der Waals surface area contributed by atoms with Crippen LogP contribution in [0.3, 0.4) is 0 Å². The van der Waals surface area contributed by atoms with E-state index >= 15 is 0 Å². The quantitative estimate of drug-likeness (QED) is 0.857. The summed E-state index contributed by atoms with van der Waals surface area (Å²) in [5.41, 5.74) is 0. The zero-order valence-corrected chi connectivity index (χ0v) is 12.0. The number of aliphatic hydroxyl groups excluding tert-OH is 1. The van der Waals surface area contributed by atoms with Crippen molar-refractivity contribution in [2.45, 2.75) is 25.0 Å². The molecular weight excluding hydrogens is 270 g/mol. The summed E-state index contributed by atoms with van der Waals surface area (Å²) in [4.78, 5) is 0. The van der Waals surface area contributed by atoms with Gasteiger partial charge in [0.05, 0.1) is 6.10 Å². The fraction of sp³-hybridized carbons (Fsp3) is 0.625. The summed E-state index contributed by atoms with van der Waals surface area (Å²) < 4.78 is 17.1. The Morgan fingerprint density at radius 1 is 1.05 bits per heavy atom. The van der Waals surface area contributed by atoms with Crippen molar-refractivity contribution in [2.75, 3.05) is 26.3 Å². The fourth-order valence-electron chi connectivity index (χ4n) is 3.65. The van der Waals surface area contributed by atoms with Gasteiger partial charge >= 0.3 is 0 Å². The fourth-order valence-corrected chi connectivity index (χ4v) is 3.65. The van der Waals surface area contributed by atoms with Gasteiger partial charge in [-0.2, -0.15) is 0 Å². The summed E-state index contributed by atoms with van der Waals surface area (Å²) in [6.07, 6.45) is 1.22. The molecule has 1 saturated carbocycles. The highest BCUT2D eigenvalue weighted by Gasteiger charge is 2.39. The van der Waals surface area contributed by atoms with Crippen LogP contribution in [0, 0.1) is 11.8 Å². The number of fused-ring (bicyclic) bond motifs is 2. The van der Waals surface area contributed by atoms with Crippen LogP contribution in [0.1, 0.15) is 12.8 Å². The first-order valence-electron chi connectivity index (χ1n) is 7.74. The first-order chi connectivity index (χ1) is 10.3. The number of aliphatic hydroxyl groups is 1. The molecule has 2 N–H and O–H groups in total. The van der Waals surface area contributed by atoms with Crippen molar-refractivity contribution in [3.8, 4) is 17.2 Å². The van der Waals surface area contributed by atoms with Crippen molar-refractivity contribution in [1.29, 1.82) is 0 Å². The average Bonchev–Trinajstić information content (AvgIpc) is 2.94. The molecule has 2 fully saturated rings. The highest BCUT2D eigenvalue weighted by Crippen LogP contribution is 2.37. The molecule has 4 rings (SSSR count). The summed E-state index contributed by atoms with van der Waals surface area (Å²) in [6.45, 7) is 3.22. The van der Waals surface area contributed by atoms with Crippen LogP contribution < -0.4 is 19.5 Å². The standard InChI is InChI=1S/C16H21NO4/c18-13-5-10-8-17-9-11(10)6-15(13)21-12-1-2-14-16(7-12)20-4-3-19-14/h1-2,7,10-11,13,15,17-18H,3-6,8-9H2/t10-,11+,13+,15+/m0/s1. The molecule has 5 heteroatoms. The molecule has 0 bridgehead atoms. The molecule has 1 aromatic carbocycles. The molecule has 0 amide bonds. The van der Waals surface area contributed by atoms with E-state index in [0.717, 1.165) is 43.2 Å². The van der Waals surface area contributed by atoms with Crippen LogP contribution in [0.25, 0.3) is 0 Å². The minimum atomic E-state index is -0.389. The predicted octanol–water partition coefficient (Wildman–Crippen LogP) is 1.20. The van der Waals surface area contributed by atoms with Crippen LogP contribution >= 0.6 is 0 Å². The van der Waals surface area contributed by atoms with Gasteiger partial charge in [-0.3, -0.25) is 0 Å². The first-order valence-corrected chi connectivity index (χ1v) is 7.74. The van der Waals surface area contributed by atoms with Gasteiger partial charge in [0.15, 0.2) is 11.5 Å². The maximum Gasteiger partial charge on any atom is 0.165 e. The van der Waals surface area contributed by atoms with Gasteiger partial charge < -0.3 is 24.6 Å². The summed E-state index contributed by atoms with van der Waals surface area (Å²) in [7, 11) is 0. The molecule has 1 aromatic rings. The van der Waals surface area contributed by atoms with Crippen LogP contribution in [0.4, 0.5) is 0 Å². The van der Waals surface area contributed by atoms with Crippen LogP contribution in [-0.2, 0) is 0 Å². The number of rotatable bonds is 2. The second-order valence-electron chi connectivity index (χ2n) is 6.18. The monoisotopic (exact) mass is 291 g/mol. The molecule has 21 heavy (non-hydrogen) atoms. The molecule has 0 radical (unpaired) electrons. The van der Waals surface area contributed by atoms with E-state index in [0.29, 0.717) is 25.0 Å². The summed E-state index contributed by atoms with van der Waals surface area (Å²) >= 11 is 0. The lowest BCUT2D eigenvalue weighted by atomic mass is 9.78. The van der Waals surface area contributed by atoms with Crippen molar-refractivity contribution in [3.05, 3.63) is 18.2 Å². The normalized spacial score (nSPS) is 34.3. The highest BCUT2D eigenvalue weighted by atomic mass is 16.6. The van der Waals surface area contributed by atoms with Crippen LogP contribution in [0.5, 0.6) is 17.2 Å². The summed E-state index contributed by atoms with van der Waals surface area (Å²) in [5.74, 6) is 3.45. The molecule has 0 spiro atoms. The van der Waals surface area contributed by atoms with Gasteiger partial charge in [0, 0.05) is 6.07 Å². The molecule has 1 aliphatic carbocycles. The van der Waals surface area contributed by atoms with Gasteiger partial charge in [0.2, 0.25) is 0 Å². The third-order valence-corrected chi connectivity index (χ3v) is 4.79. The van der Waals surface area contributed by atoms with Crippen LogP contribution in [0.15, 0.2) is 18.2 Å². The van der Waals surface area contributed by atoms with E-state index in [4.69, 9.17) is 14.2 Å². The topological polar surface area (TPSA) is 60.0 Å². The van der Waals surface area contributed by atoms with Gasteiger partial charge in [-0.05, 0) is 49.9 Å². The number of benzene rings is 1. The smallest absolute Gasteiger partial charge is 0.165 e. The number of ether oxygens (including phenoxy) is 3. The molecule has 0 unspecified atom stereocenters. The Labute approximate surface area is 124 Å². The Hall–Kier alpha value is -1.46. The van der Waals surface area contributed by atoms with Gasteiger partial charge in [0.25, 0.3) is 0 Å². The maximum atomic E-state index is 10.3. The SMILES string of the molecule is O[C@@H]1C[C@H]2CNC[C@H]2C[C@H]1Oc1ccc2c(c1)OCCO2. The van der Waals surface area contributed by atoms with Crippen LogP contribution in [0.2, 0.25) is 0 Å². The third-order valence-electron chi connectivity index (χ3n) is 4.79. The molecule has 1 saturated heterocycles. The number of hydrogen-bond acceptors (Lipinski definition) is 5. The van der Waals surface area contributed by atoms with E-state index in [1.165, 1.54) is 0 Å². The minimum absolute atomic E-state index is 0.131. The summed E-state index contributed by atoms with van der Waals surface area (Å²) in [5, 5.41) is 13.7. The van der Waals surface area contributed by atoms with E-state index < -0.39 is 0 Å². The Kier molecular flexibility index (Phi) is 3.39. The molecular formula is C16H21NO4. The van der Waals surface area contributed by atoms with Crippen molar-refractivity contribution in [1.82, 2.24) is 5.32 Å². The molecule has 2 heterocycles. The molecule has 3 aliphatic rings. The van der Waals surface area contributed by atoms with Gasteiger partial charge in [-0.25, -0.2) is 0 Å². The lowest BCUT2D eigenvalue weighted by molar-refractivity contribution is -0.0233. The number of hydrogen-bond donors (Lipinski definition) is 2. The third kappa shape index (κ3) is 2.56. The van der Waals surface area contributed by atoms with Gasteiger partial charge in [-0.15, -0.1) is 0 Å². The minimum Gasteiger partial charge on any atom is -0.488 e. The van der Waals surface area contributed by atoms with E-state index in [-0.39, 0.29) is 12.2 Å². The Balaban J connectivity index is 1.47. The summed E-state index contributed by atoms with van der Waals surface area (Å²) in [6, 6.07) is 5.62. The number of nitrogens with one attached hydrogen (secondary N) is 1. The van der Waals surface area contributed by atoms with E-state index in [1.54, 1.807) is 0 Å². The average molecular weight is 291 g/mol. The molecule has 114 valence electrons. The van der Waals surface area contributed by atoms with E-state index in [1.807, 2.05) is 18.2 Å². The van der Waals surface area contributed by atoms with Crippen molar-refractivity contribution < 1.29 is 19.3 Å². The second kappa shape index (κ2) is 5.39. The predicted molar refractivity (Wildman–Crippen MR) is 76.9 cm³/mol.